The van der Waals surface area contributed by atoms with Crippen LogP contribution in [-0.2, 0) is 4.79 Å². The molecule has 0 N–H and O–H groups in total. The second kappa shape index (κ2) is 16.5. The lowest BCUT2D eigenvalue weighted by atomic mass is 9.80. The first kappa shape index (κ1) is 30.1. The van der Waals surface area contributed by atoms with Crippen LogP contribution in [-0.4, -0.2) is 12.6 Å². The molecule has 1 fully saturated rings. The van der Waals surface area contributed by atoms with E-state index in [0.717, 1.165) is 50.9 Å². The van der Waals surface area contributed by atoms with Crippen LogP contribution in [0, 0.1) is 23.5 Å². The molecule has 210 valence electrons. The number of carbonyl (C=O) groups excluding carboxylic acids is 1. The summed E-state index contributed by atoms with van der Waals surface area (Å²) in [7, 11) is 0. The Morgan fingerprint density at radius 1 is 0.763 bits per heavy atom. The molecule has 0 aliphatic heterocycles. The fraction of sp³-hybridized carbons (Fsp3) is 0.606. The van der Waals surface area contributed by atoms with Gasteiger partial charge in [-0.05, 0) is 67.9 Å². The second-order valence-electron chi connectivity index (χ2n) is 10.9. The van der Waals surface area contributed by atoms with Gasteiger partial charge in [-0.15, -0.1) is 0 Å². The molecule has 0 saturated heterocycles. The van der Waals surface area contributed by atoms with Crippen molar-refractivity contribution >= 4 is 5.97 Å². The summed E-state index contributed by atoms with van der Waals surface area (Å²) in [5.41, 5.74) is 0.678. The van der Waals surface area contributed by atoms with Crippen molar-refractivity contribution in [2.24, 2.45) is 11.8 Å². The Balaban J connectivity index is 1.46. The van der Waals surface area contributed by atoms with Gasteiger partial charge in [-0.3, -0.25) is 4.79 Å². The van der Waals surface area contributed by atoms with Gasteiger partial charge in [-0.2, -0.15) is 4.39 Å². The maximum atomic E-state index is 14.8. The van der Waals surface area contributed by atoms with E-state index < -0.39 is 11.6 Å². The smallest absolute Gasteiger partial charge is 0.314 e. The highest BCUT2D eigenvalue weighted by Crippen LogP contribution is 2.34. The predicted molar refractivity (Wildman–Crippen MR) is 151 cm³/mol. The SMILES string of the molecule is CCCCCCCCOc1ccc(-c2ccc(OC(=O)[C@H]3CC[C@H](CCCCCC)CC3)cc2)c(F)c1F. The van der Waals surface area contributed by atoms with Crippen LogP contribution in [0.5, 0.6) is 11.5 Å². The molecule has 3 rings (SSSR count). The minimum Gasteiger partial charge on any atom is -0.490 e. The number of rotatable bonds is 16. The minimum atomic E-state index is -0.968. The Hall–Kier alpha value is -2.43. The topological polar surface area (TPSA) is 35.5 Å². The molecule has 3 nitrogen and oxygen atoms in total. The average Bonchev–Trinajstić information content (AvgIpc) is 2.94. The van der Waals surface area contributed by atoms with E-state index in [0.29, 0.717) is 17.9 Å². The van der Waals surface area contributed by atoms with Gasteiger partial charge in [-0.25, -0.2) is 4.39 Å². The first-order valence-corrected chi connectivity index (χ1v) is 15.0. The van der Waals surface area contributed by atoms with Crippen LogP contribution < -0.4 is 9.47 Å². The number of hydrogen-bond acceptors (Lipinski definition) is 3. The van der Waals surface area contributed by atoms with E-state index in [-0.39, 0.29) is 23.2 Å². The Labute approximate surface area is 228 Å². The summed E-state index contributed by atoms with van der Waals surface area (Å²) in [5.74, 6) is -1.03. The molecule has 5 heteroatoms. The lowest BCUT2D eigenvalue weighted by molar-refractivity contribution is -0.140. The molecule has 0 bridgehead atoms. The van der Waals surface area contributed by atoms with Crippen LogP contribution in [0.25, 0.3) is 11.1 Å². The van der Waals surface area contributed by atoms with Crippen molar-refractivity contribution < 1.29 is 23.0 Å². The van der Waals surface area contributed by atoms with Crippen molar-refractivity contribution in [1.29, 1.82) is 0 Å². The fourth-order valence-electron chi connectivity index (χ4n) is 5.38. The van der Waals surface area contributed by atoms with Gasteiger partial charge in [-0.1, -0.05) is 90.2 Å². The highest BCUT2D eigenvalue weighted by atomic mass is 19.2. The standard InChI is InChI=1S/C33H46F2O3/c1-3-5-7-9-10-12-24-37-30-23-22-29(31(34)32(30)35)26-18-20-28(21-19-26)38-33(36)27-16-14-25(15-17-27)13-11-8-6-4-2/h18-23,25,27H,3-17,24H2,1-2H3/t25-,27-. The number of carbonyl (C=O) groups is 1. The van der Waals surface area contributed by atoms with Gasteiger partial charge in [0, 0.05) is 5.56 Å². The summed E-state index contributed by atoms with van der Waals surface area (Å²) in [4.78, 5) is 12.7. The first-order chi connectivity index (χ1) is 18.5. The van der Waals surface area contributed by atoms with E-state index in [1.807, 2.05) is 0 Å². The molecule has 0 aromatic heterocycles. The van der Waals surface area contributed by atoms with E-state index in [1.165, 1.54) is 63.5 Å². The molecule has 38 heavy (non-hydrogen) atoms. The maximum absolute atomic E-state index is 14.8. The summed E-state index contributed by atoms with van der Waals surface area (Å²) in [6.07, 6.45) is 17.0. The molecule has 0 radical (unpaired) electrons. The molecule has 0 heterocycles. The Morgan fingerprint density at radius 3 is 2.08 bits per heavy atom. The number of unbranched alkanes of at least 4 members (excludes halogenated alkanes) is 8. The Morgan fingerprint density at radius 2 is 1.39 bits per heavy atom. The molecule has 0 atom stereocenters. The molecule has 0 unspecified atom stereocenters. The molecule has 0 amide bonds. The third kappa shape index (κ3) is 9.39. The zero-order valence-corrected chi connectivity index (χ0v) is 23.4. The Kier molecular flexibility index (Phi) is 13.1. The van der Waals surface area contributed by atoms with Gasteiger partial charge in [0.05, 0.1) is 12.5 Å². The summed E-state index contributed by atoms with van der Waals surface area (Å²) in [5, 5.41) is 0. The molecule has 2 aromatic carbocycles. The van der Waals surface area contributed by atoms with E-state index in [2.05, 4.69) is 13.8 Å². The van der Waals surface area contributed by atoms with E-state index in [1.54, 1.807) is 24.3 Å². The third-order valence-corrected chi connectivity index (χ3v) is 7.83. The van der Waals surface area contributed by atoms with Gasteiger partial charge in [0.1, 0.15) is 5.75 Å². The van der Waals surface area contributed by atoms with Crippen LogP contribution in [0.2, 0.25) is 0 Å². The van der Waals surface area contributed by atoms with Crippen LogP contribution in [0.15, 0.2) is 36.4 Å². The molecular weight excluding hydrogens is 482 g/mol. The second-order valence-corrected chi connectivity index (χ2v) is 10.9. The summed E-state index contributed by atoms with van der Waals surface area (Å²) in [6.45, 7) is 4.78. The number of hydrogen-bond donors (Lipinski definition) is 0. The van der Waals surface area contributed by atoms with Gasteiger partial charge >= 0.3 is 5.97 Å². The minimum absolute atomic E-state index is 0.0546. The van der Waals surface area contributed by atoms with E-state index >= 15 is 0 Å². The largest absolute Gasteiger partial charge is 0.490 e. The fourth-order valence-corrected chi connectivity index (χ4v) is 5.38. The first-order valence-electron chi connectivity index (χ1n) is 15.0. The summed E-state index contributed by atoms with van der Waals surface area (Å²) >= 11 is 0. The third-order valence-electron chi connectivity index (χ3n) is 7.83. The van der Waals surface area contributed by atoms with Crippen molar-refractivity contribution in [2.45, 2.75) is 110 Å². The van der Waals surface area contributed by atoms with Gasteiger partial charge < -0.3 is 9.47 Å². The number of esters is 1. The van der Waals surface area contributed by atoms with Gasteiger partial charge in [0.25, 0.3) is 0 Å². The number of benzene rings is 2. The molecule has 0 spiro atoms. The normalized spacial score (nSPS) is 17.4. The monoisotopic (exact) mass is 528 g/mol. The zero-order chi connectivity index (χ0) is 27.2. The van der Waals surface area contributed by atoms with Crippen LogP contribution >= 0.6 is 0 Å². The highest BCUT2D eigenvalue weighted by Gasteiger charge is 2.27. The quantitative estimate of drug-likeness (QED) is 0.123. The molecule has 1 aliphatic rings. The van der Waals surface area contributed by atoms with Gasteiger partial charge in [0.2, 0.25) is 5.82 Å². The van der Waals surface area contributed by atoms with Crippen LogP contribution in [0.1, 0.15) is 110 Å². The van der Waals surface area contributed by atoms with Gasteiger partial charge in [0.15, 0.2) is 11.6 Å². The average molecular weight is 529 g/mol. The molecule has 1 aliphatic carbocycles. The van der Waals surface area contributed by atoms with Crippen molar-refractivity contribution in [1.82, 2.24) is 0 Å². The predicted octanol–water partition coefficient (Wildman–Crippen LogP) is 10.1. The zero-order valence-electron chi connectivity index (χ0n) is 23.4. The van der Waals surface area contributed by atoms with Crippen molar-refractivity contribution in [3.05, 3.63) is 48.0 Å². The van der Waals surface area contributed by atoms with Crippen LogP contribution in [0.4, 0.5) is 8.78 Å². The number of halogens is 2. The van der Waals surface area contributed by atoms with Crippen LogP contribution in [0.3, 0.4) is 0 Å². The molecule has 1 saturated carbocycles. The Bertz CT molecular complexity index is 965. The maximum Gasteiger partial charge on any atom is 0.314 e. The lowest BCUT2D eigenvalue weighted by Gasteiger charge is -2.27. The molecule has 2 aromatic rings. The highest BCUT2D eigenvalue weighted by molar-refractivity contribution is 5.75. The van der Waals surface area contributed by atoms with Crippen molar-refractivity contribution in [2.75, 3.05) is 6.61 Å². The summed E-state index contributed by atoms with van der Waals surface area (Å²) < 4.78 is 40.6. The molecular formula is C33H46F2O3. The van der Waals surface area contributed by atoms with E-state index in [4.69, 9.17) is 9.47 Å². The van der Waals surface area contributed by atoms with Crippen molar-refractivity contribution in [3.63, 3.8) is 0 Å². The lowest BCUT2D eigenvalue weighted by Crippen LogP contribution is -2.25. The van der Waals surface area contributed by atoms with E-state index in [9.17, 15) is 13.6 Å². The summed E-state index contributed by atoms with van der Waals surface area (Å²) in [6, 6.07) is 9.63. The number of ether oxygens (including phenoxy) is 2. The van der Waals surface area contributed by atoms with Crippen molar-refractivity contribution in [3.8, 4) is 22.6 Å².